The average molecular weight is 377 g/mol. The minimum Gasteiger partial charge on any atom is -0.345 e. The second kappa shape index (κ2) is 7.86. The van der Waals surface area contributed by atoms with E-state index in [1.165, 1.54) is 5.56 Å². The molecule has 3 aromatic rings. The standard InChI is InChI=1S/C23H27N3O2/c1-4-23(5-2)14-27-22(28-15-23)21-25-19(17-8-6-16(3)7-9-17)20(26-21)18-10-12-24-13-11-18/h6-13,22H,4-5,14-15H2,1-3H3,(H,25,26). The van der Waals surface area contributed by atoms with Gasteiger partial charge in [0.25, 0.3) is 0 Å². The molecule has 1 saturated heterocycles. The summed E-state index contributed by atoms with van der Waals surface area (Å²) in [6.45, 7) is 7.85. The molecule has 5 heteroatoms. The fraction of sp³-hybridized carbons (Fsp3) is 0.391. The zero-order valence-corrected chi connectivity index (χ0v) is 16.7. The number of pyridine rings is 1. The number of aryl methyl sites for hydroxylation is 1. The average Bonchev–Trinajstić information content (AvgIpc) is 3.20. The van der Waals surface area contributed by atoms with Crippen LogP contribution in [0.1, 0.15) is 44.4 Å². The summed E-state index contributed by atoms with van der Waals surface area (Å²) in [5.74, 6) is 0.711. The van der Waals surface area contributed by atoms with Crippen molar-refractivity contribution in [2.24, 2.45) is 5.41 Å². The van der Waals surface area contributed by atoms with Gasteiger partial charge in [-0.05, 0) is 31.9 Å². The van der Waals surface area contributed by atoms with Crippen LogP contribution in [0.3, 0.4) is 0 Å². The first-order valence-corrected chi connectivity index (χ1v) is 9.94. The largest absolute Gasteiger partial charge is 0.345 e. The Kier molecular flexibility index (Phi) is 5.29. The van der Waals surface area contributed by atoms with Gasteiger partial charge >= 0.3 is 0 Å². The van der Waals surface area contributed by atoms with E-state index in [1.54, 1.807) is 12.4 Å². The number of H-pyrrole nitrogens is 1. The van der Waals surface area contributed by atoms with Gasteiger partial charge in [0.15, 0.2) is 5.82 Å². The van der Waals surface area contributed by atoms with Crippen molar-refractivity contribution in [3.63, 3.8) is 0 Å². The molecular weight excluding hydrogens is 350 g/mol. The summed E-state index contributed by atoms with van der Waals surface area (Å²) in [6, 6.07) is 12.4. The van der Waals surface area contributed by atoms with Crippen LogP contribution in [0.5, 0.6) is 0 Å². The molecule has 5 nitrogen and oxygen atoms in total. The fourth-order valence-electron chi connectivity index (χ4n) is 3.56. The molecule has 0 aliphatic carbocycles. The molecule has 0 unspecified atom stereocenters. The Balaban J connectivity index is 1.69. The Hall–Kier alpha value is -2.50. The lowest BCUT2D eigenvalue weighted by atomic mass is 9.84. The van der Waals surface area contributed by atoms with Crippen LogP contribution in [-0.4, -0.2) is 28.2 Å². The Morgan fingerprint density at radius 2 is 1.61 bits per heavy atom. The smallest absolute Gasteiger partial charge is 0.217 e. The van der Waals surface area contributed by atoms with E-state index in [4.69, 9.17) is 14.5 Å². The van der Waals surface area contributed by atoms with Gasteiger partial charge in [0.1, 0.15) is 0 Å². The van der Waals surface area contributed by atoms with Crippen LogP contribution >= 0.6 is 0 Å². The Labute approximate surface area is 166 Å². The topological polar surface area (TPSA) is 60.0 Å². The highest BCUT2D eigenvalue weighted by Gasteiger charge is 2.36. The van der Waals surface area contributed by atoms with Crippen molar-refractivity contribution in [1.29, 1.82) is 0 Å². The second-order valence-corrected chi connectivity index (χ2v) is 7.61. The highest BCUT2D eigenvalue weighted by atomic mass is 16.7. The number of hydrogen-bond donors (Lipinski definition) is 1. The quantitative estimate of drug-likeness (QED) is 0.655. The normalized spacial score (nSPS) is 17.0. The second-order valence-electron chi connectivity index (χ2n) is 7.61. The number of aromatic nitrogens is 3. The summed E-state index contributed by atoms with van der Waals surface area (Å²) in [4.78, 5) is 12.5. The maximum atomic E-state index is 6.09. The van der Waals surface area contributed by atoms with Crippen molar-refractivity contribution in [3.8, 4) is 22.5 Å². The van der Waals surface area contributed by atoms with Gasteiger partial charge < -0.3 is 14.5 Å². The Morgan fingerprint density at radius 1 is 0.964 bits per heavy atom. The molecule has 1 aliphatic rings. The molecule has 4 rings (SSSR count). The summed E-state index contributed by atoms with van der Waals surface area (Å²) in [6.07, 6.45) is 5.21. The molecule has 1 fully saturated rings. The number of nitrogens with zero attached hydrogens (tertiary/aromatic N) is 2. The van der Waals surface area contributed by atoms with Crippen molar-refractivity contribution in [3.05, 3.63) is 60.2 Å². The lowest BCUT2D eigenvalue weighted by Crippen LogP contribution is -2.38. The van der Waals surface area contributed by atoms with Crippen molar-refractivity contribution < 1.29 is 9.47 Å². The predicted molar refractivity (Wildman–Crippen MR) is 110 cm³/mol. The van der Waals surface area contributed by atoms with Crippen LogP contribution in [0.2, 0.25) is 0 Å². The van der Waals surface area contributed by atoms with Crippen LogP contribution in [-0.2, 0) is 9.47 Å². The highest BCUT2D eigenvalue weighted by molar-refractivity contribution is 5.78. The van der Waals surface area contributed by atoms with Gasteiger partial charge in [-0.2, -0.15) is 0 Å². The summed E-state index contributed by atoms with van der Waals surface area (Å²) in [5, 5.41) is 0. The van der Waals surface area contributed by atoms with Gasteiger partial charge in [0, 0.05) is 28.9 Å². The van der Waals surface area contributed by atoms with Gasteiger partial charge in [-0.3, -0.25) is 4.98 Å². The van der Waals surface area contributed by atoms with E-state index in [2.05, 4.69) is 55.0 Å². The number of hydrogen-bond acceptors (Lipinski definition) is 4. The minimum atomic E-state index is -0.467. The van der Waals surface area contributed by atoms with E-state index in [-0.39, 0.29) is 5.41 Å². The molecule has 3 heterocycles. The first kappa shape index (κ1) is 18.8. The number of imidazole rings is 1. The molecule has 1 aliphatic heterocycles. The van der Waals surface area contributed by atoms with Crippen molar-refractivity contribution in [2.75, 3.05) is 13.2 Å². The molecule has 0 radical (unpaired) electrons. The summed E-state index contributed by atoms with van der Waals surface area (Å²) in [5.41, 5.74) is 5.28. The van der Waals surface area contributed by atoms with E-state index < -0.39 is 6.29 Å². The number of aromatic amines is 1. The molecule has 0 bridgehead atoms. The minimum absolute atomic E-state index is 0.108. The fourth-order valence-corrected chi connectivity index (χ4v) is 3.56. The molecule has 28 heavy (non-hydrogen) atoms. The zero-order valence-electron chi connectivity index (χ0n) is 16.7. The summed E-state index contributed by atoms with van der Waals surface area (Å²) >= 11 is 0. The monoisotopic (exact) mass is 377 g/mol. The molecule has 2 aromatic heterocycles. The van der Waals surface area contributed by atoms with Gasteiger partial charge in [-0.25, -0.2) is 4.98 Å². The van der Waals surface area contributed by atoms with Gasteiger partial charge in [-0.15, -0.1) is 0 Å². The van der Waals surface area contributed by atoms with Gasteiger partial charge in [0.05, 0.1) is 24.6 Å². The summed E-state index contributed by atoms with van der Waals surface area (Å²) in [7, 11) is 0. The third kappa shape index (κ3) is 3.60. The van der Waals surface area contributed by atoms with E-state index in [0.717, 1.165) is 35.4 Å². The lowest BCUT2D eigenvalue weighted by molar-refractivity contribution is -0.238. The van der Waals surface area contributed by atoms with Crippen molar-refractivity contribution in [1.82, 2.24) is 15.0 Å². The highest BCUT2D eigenvalue weighted by Crippen LogP contribution is 2.38. The molecular formula is C23H27N3O2. The number of nitrogens with one attached hydrogen (secondary N) is 1. The first-order chi connectivity index (χ1) is 13.6. The van der Waals surface area contributed by atoms with Crippen LogP contribution in [0.15, 0.2) is 48.8 Å². The molecule has 0 saturated carbocycles. The zero-order chi connectivity index (χ0) is 19.6. The maximum absolute atomic E-state index is 6.09. The predicted octanol–water partition coefficient (Wildman–Crippen LogP) is 5.30. The first-order valence-electron chi connectivity index (χ1n) is 9.94. The van der Waals surface area contributed by atoms with E-state index in [1.807, 2.05) is 12.1 Å². The Morgan fingerprint density at radius 3 is 2.21 bits per heavy atom. The number of rotatable bonds is 5. The maximum Gasteiger partial charge on any atom is 0.217 e. The van der Waals surface area contributed by atoms with Crippen LogP contribution in [0.25, 0.3) is 22.5 Å². The molecule has 0 spiro atoms. The molecule has 0 amide bonds. The molecule has 0 atom stereocenters. The SMILES string of the molecule is CCC1(CC)COC(c2nc(-c3ccc(C)cc3)c(-c3ccncc3)[nH]2)OC1. The third-order valence-corrected chi connectivity index (χ3v) is 5.82. The van der Waals surface area contributed by atoms with Crippen LogP contribution in [0, 0.1) is 12.3 Å². The molecule has 1 aromatic carbocycles. The van der Waals surface area contributed by atoms with E-state index in [0.29, 0.717) is 19.0 Å². The van der Waals surface area contributed by atoms with Crippen molar-refractivity contribution >= 4 is 0 Å². The van der Waals surface area contributed by atoms with Crippen LogP contribution < -0.4 is 0 Å². The lowest BCUT2D eigenvalue weighted by Gasteiger charge is -2.38. The van der Waals surface area contributed by atoms with E-state index >= 15 is 0 Å². The van der Waals surface area contributed by atoms with Gasteiger partial charge in [-0.1, -0.05) is 43.7 Å². The van der Waals surface area contributed by atoms with Gasteiger partial charge in [0.2, 0.25) is 6.29 Å². The molecule has 1 N–H and O–H groups in total. The third-order valence-electron chi connectivity index (χ3n) is 5.82. The van der Waals surface area contributed by atoms with Crippen LogP contribution in [0.4, 0.5) is 0 Å². The van der Waals surface area contributed by atoms with E-state index in [9.17, 15) is 0 Å². The number of ether oxygens (including phenoxy) is 2. The number of benzene rings is 1. The molecule has 146 valence electrons. The van der Waals surface area contributed by atoms with Crippen molar-refractivity contribution in [2.45, 2.75) is 39.9 Å². The Bertz CT molecular complexity index is 905. The summed E-state index contributed by atoms with van der Waals surface area (Å²) < 4.78 is 12.2.